The van der Waals surface area contributed by atoms with Gasteiger partial charge in [-0.3, -0.25) is 9.69 Å². The standard InChI is InChI=1S/C18H25N3O3.ClH/c22-18(12-14-1-2-16-17(11-14)24-10-9-23-16)21-6-3-15(13-21)20-7-4-19-5-8-20;/h1-2,11,15,19H,3-10,12-13H2;1H. The van der Waals surface area contributed by atoms with Gasteiger partial charge in [-0.2, -0.15) is 0 Å². The lowest BCUT2D eigenvalue weighted by molar-refractivity contribution is -0.129. The van der Waals surface area contributed by atoms with E-state index in [2.05, 4.69) is 10.2 Å². The van der Waals surface area contributed by atoms with Crippen LogP contribution in [0.4, 0.5) is 0 Å². The van der Waals surface area contributed by atoms with E-state index in [0.29, 0.717) is 25.7 Å². The van der Waals surface area contributed by atoms with Crippen LogP contribution in [-0.2, 0) is 11.2 Å². The fourth-order valence-corrected chi connectivity index (χ4v) is 3.80. The van der Waals surface area contributed by atoms with Crippen molar-refractivity contribution in [1.29, 1.82) is 0 Å². The van der Waals surface area contributed by atoms with Gasteiger partial charge in [-0.15, -0.1) is 12.4 Å². The van der Waals surface area contributed by atoms with E-state index in [1.807, 2.05) is 23.1 Å². The lowest BCUT2D eigenvalue weighted by atomic mass is 10.1. The van der Waals surface area contributed by atoms with E-state index < -0.39 is 0 Å². The molecule has 0 bridgehead atoms. The minimum absolute atomic E-state index is 0. The normalized spacial score (nSPS) is 23.2. The third-order valence-electron chi connectivity index (χ3n) is 5.15. The summed E-state index contributed by atoms with van der Waals surface area (Å²) >= 11 is 0. The Morgan fingerprint density at radius 2 is 1.88 bits per heavy atom. The van der Waals surface area contributed by atoms with Crippen molar-refractivity contribution in [3.05, 3.63) is 23.8 Å². The number of nitrogens with one attached hydrogen (secondary N) is 1. The summed E-state index contributed by atoms with van der Waals surface area (Å²) in [4.78, 5) is 17.2. The van der Waals surface area contributed by atoms with Gasteiger partial charge in [-0.05, 0) is 24.1 Å². The van der Waals surface area contributed by atoms with Gasteiger partial charge in [0.05, 0.1) is 6.42 Å². The molecule has 4 rings (SSSR count). The Hall–Kier alpha value is -1.50. The van der Waals surface area contributed by atoms with Crippen molar-refractivity contribution in [3.8, 4) is 11.5 Å². The molecule has 1 aromatic rings. The number of piperazine rings is 1. The third kappa shape index (κ3) is 4.19. The second-order valence-corrected chi connectivity index (χ2v) is 6.72. The molecule has 138 valence electrons. The first-order valence-electron chi connectivity index (χ1n) is 8.91. The Balaban J connectivity index is 0.00000182. The van der Waals surface area contributed by atoms with Crippen LogP contribution in [0.1, 0.15) is 12.0 Å². The molecule has 2 saturated heterocycles. The Kier molecular flexibility index (Phi) is 6.04. The summed E-state index contributed by atoms with van der Waals surface area (Å²) < 4.78 is 11.1. The average molecular weight is 368 g/mol. The zero-order valence-corrected chi connectivity index (χ0v) is 15.2. The van der Waals surface area contributed by atoms with E-state index >= 15 is 0 Å². The summed E-state index contributed by atoms with van der Waals surface area (Å²) in [6.07, 6.45) is 1.53. The number of amides is 1. The number of rotatable bonds is 3. The van der Waals surface area contributed by atoms with Crippen LogP contribution in [0.25, 0.3) is 0 Å². The molecule has 1 aromatic carbocycles. The highest BCUT2D eigenvalue weighted by molar-refractivity contribution is 5.85. The summed E-state index contributed by atoms with van der Waals surface area (Å²) in [6.45, 7) is 7.20. The van der Waals surface area contributed by atoms with E-state index in [1.54, 1.807) is 0 Å². The Morgan fingerprint density at radius 1 is 1.12 bits per heavy atom. The maximum absolute atomic E-state index is 12.6. The van der Waals surface area contributed by atoms with E-state index in [9.17, 15) is 4.79 Å². The van der Waals surface area contributed by atoms with Crippen molar-refractivity contribution in [2.45, 2.75) is 18.9 Å². The van der Waals surface area contributed by atoms with Crippen LogP contribution >= 0.6 is 12.4 Å². The fraction of sp³-hybridized carbons (Fsp3) is 0.611. The van der Waals surface area contributed by atoms with Gasteiger partial charge in [0, 0.05) is 45.3 Å². The van der Waals surface area contributed by atoms with Gasteiger partial charge in [0.25, 0.3) is 0 Å². The molecular weight excluding hydrogens is 342 g/mol. The highest BCUT2D eigenvalue weighted by Gasteiger charge is 2.30. The number of ether oxygens (including phenoxy) is 2. The van der Waals surface area contributed by atoms with Crippen molar-refractivity contribution in [2.75, 3.05) is 52.5 Å². The zero-order valence-electron chi connectivity index (χ0n) is 14.4. The molecule has 6 nitrogen and oxygen atoms in total. The van der Waals surface area contributed by atoms with E-state index in [4.69, 9.17) is 9.47 Å². The van der Waals surface area contributed by atoms with Gasteiger partial charge in [0.15, 0.2) is 11.5 Å². The molecule has 0 aliphatic carbocycles. The summed E-state index contributed by atoms with van der Waals surface area (Å²) in [5.41, 5.74) is 0.995. The summed E-state index contributed by atoms with van der Waals surface area (Å²) in [6, 6.07) is 6.34. The van der Waals surface area contributed by atoms with Crippen LogP contribution in [0.5, 0.6) is 11.5 Å². The number of nitrogens with zero attached hydrogens (tertiary/aromatic N) is 2. The van der Waals surface area contributed by atoms with Crippen molar-refractivity contribution in [2.24, 2.45) is 0 Å². The number of carbonyl (C=O) groups is 1. The molecule has 25 heavy (non-hydrogen) atoms. The molecule has 0 radical (unpaired) electrons. The molecule has 3 aliphatic rings. The largest absolute Gasteiger partial charge is 0.486 e. The van der Waals surface area contributed by atoms with Crippen LogP contribution in [0.3, 0.4) is 0 Å². The molecule has 3 heterocycles. The number of likely N-dealkylation sites (tertiary alicyclic amines) is 1. The average Bonchev–Trinajstić information content (AvgIpc) is 3.13. The second-order valence-electron chi connectivity index (χ2n) is 6.72. The molecule has 1 atom stereocenters. The monoisotopic (exact) mass is 367 g/mol. The maximum atomic E-state index is 12.6. The quantitative estimate of drug-likeness (QED) is 0.861. The first kappa shape index (κ1) is 18.3. The third-order valence-corrected chi connectivity index (χ3v) is 5.15. The van der Waals surface area contributed by atoms with Gasteiger partial charge in [0.1, 0.15) is 13.2 Å². The zero-order chi connectivity index (χ0) is 16.4. The molecule has 0 aromatic heterocycles. The predicted octanol–water partition coefficient (Wildman–Crippen LogP) is 0.928. The molecule has 2 fully saturated rings. The van der Waals surface area contributed by atoms with Crippen molar-refractivity contribution in [1.82, 2.24) is 15.1 Å². The number of carbonyl (C=O) groups excluding carboxylic acids is 1. The highest BCUT2D eigenvalue weighted by Crippen LogP contribution is 2.31. The molecule has 1 amide bonds. The highest BCUT2D eigenvalue weighted by atomic mass is 35.5. The predicted molar refractivity (Wildman–Crippen MR) is 97.8 cm³/mol. The Morgan fingerprint density at radius 3 is 2.68 bits per heavy atom. The van der Waals surface area contributed by atoms with Crippen LogP contribution in [0.15, 0.2) is 18.2 Å². The maximum Gasteiger partial charge on any atom is 0.227 e. The van der Waals surface area contributed by atoms with Crippen LogP contribution < -0.4 is 14.8 Å². The summed E-state index contributed by atoms with van der Waals surface area (Å²) in [7, 11) is 0. The SMILES string of the molecule is Cl.O=C(Cc1ccc2c(c1)OCCO2)N1CCC(N2CCNCC2)C1. The van der Waals surface area contributed by atoms with E-state index in [1.165, 1.54) is 0 Å². The molecule has 1 N–H and O–H groups in total. The lowest BCUT2D eigenvalue weighted by Crippen LogP contribution is -2.49. The first-order chi connectivity index (χ1) is 11.8. The molecule has 0 saturated carbocycles. The summed E-state index contributed by atoms with van der Waals surface area (Å²) in [5.74, 6) is 1.74. The Bertz CT molecular complexity index is 607. The minimum atomic E-state index is 0. The van der Waals surface area contributed by atoms with Crippen molar-refractivity contribution < 1.29 is 14.3 Å². The fourth-order valence-electron chi connectivity index (χ4n) is 3.80. The second kappa shape index (κ2) is 8.25. The van der Waals surface area contributed by atoms with Crippen LogP contribution in [-0.4, -0.2) is 74.2 Å². The number of benzene rings is 1. The topological polar surface area (TPSA) is 54.0 Å². The van der Waals surface area contributed by atoms with E-state index in [-0.39, 0.29) is 18.3 Å². The number of hydrogen-bond donors (Lipinski definition) is 1. The molecule has 7 heteroatoms. The molecule has 0 spiro atoms. The number of fused-ring (bicyclic) bond motifs is 1. The number of hydrogen-bond acceptors (Lipinski definition) is 5. The van der Waals surface area contributed by atoms with Crippen molar-refractivity contribution in [3.63, 3.8) is 0 Å². The van der Waals surface area contributed by atoms with Gasteiger partial charge in [-0.25, -0.2) is 0 Å². The van der Waals surface area contributed by atoms with Gasteiger partial charge < -0.3 is 19.7 Å². The lowest BCUT2D eigenvalue weighted by Gasteiger charge is -2.32. The van der Waals surface area contributed by atoms with Crippen molar-refractivity contribution >= 4 is 18.3 Å². The molecule has 3 aliphatic heterocycles. The molecule has 1 unspecified atom stereocenters. The molecular formula is C18H26ClN3O3. The Labute approximate surface area is 154 Å². The minimum Gasteiger partial charge on any atom is -0.486 e. The van der Waals surface area contributed by atoms with E-state index in [0.717, 1.165) is 62.8 Å². The number of halogens is 1. The van der Waals surface area contributed by atoms with Gasteiger partial charge >= 0.3 is 0 Å². The van der Waals surface area contributed by atoms with Crippen LogP contribution in [0.2, 0.25) is 0 Å². The smallest absolute Gasteiger partial charge is 0.227 e. The van der Waals surface area contributed by atoms with Gasteiger partial charge in [-0.1, -0.05) is 6.07 Å². The van der Waals surface area contributed by atoms with Crippen LogP contribution in [0, 0.1) is 0 Å². The van der Waals surface area contributed by atoms with Gasteiger partial charge in [0.2, 0.25) is 5.91 Å². The first-order valence-corrected chi connectivity index (χ1v) is 8.91. The summed E-state index contributed by atoms with van der Waals surface area (Å²) in [5, 5.41) is 3.39.